The summed E-state index contributed by atoms with van der Waals surface area (Å²) in [6, 6.07) is 12.0. The highest BCUT2D eigenvalue weighted by Gasteiger charge is 2.38. The molecule has 6 rings (SSSR count). The number of alkyl halides is 6. The second-order valence-electron chi connectivity index (χ2n) is 10.3. The number of benzene rings is 2. The van der Waals surface area contributed by atoms with E-state index in [0.717, 1.165) is 50.6 Å². The van der Waals surface area contributed by atoms with E-state index in [4.69, 9.17) is 9.97 Å². The van der Waals surface area contributed by atoms with E-state index in [9.17, 15) is 26.3 Å². The lowest BCUT2D eigenvalue weighted by Crippen LogP contribution is -2.27. The number of hydrogen-bond donors (Lipinski definition) is 1. The van der Waals surface area contributed by atoms with Crippen LogP contribution in [-0.2, 0) is 18.8 Å². The van der Waals surface area contributed by atoms with Crippen molar-refractivity contribution >= 4 is 22.4 Å². The van der Waals surface area contributed by atoms with E-state index in [1.54, 1.807) is 12.1 Å². The van der Waals surface area contributed by atoms with Crippen molar-refractivity contribution < 1.29 is 26.3 Å². The van der Waals surface area contributed by atoms with E-state index >= 15 is 0 Å². The molecule has 2 unspecified atom stereocenters. The number of aromatic nitrogens is 3. The molecule has 2 aromatic heterocycles. The molecule has 0 amide bonds. The molecule has 1 N–H and O–H groups in total. The molecule has 2 aliphatic heterocycles. The molecule has 11 heteroatoms. The molecule has 4 heterocycles. The summed E-state index contributed by atoms with van der Waals surface area (Å²) in [6.45, 7) is 2.10. The highest BCUT2D eigenvalue weighted by molar-refractivity contribution is 5.93. The van der Waals surface area contributed by atoms with Gasteiger partial charge in [0, 0.05) is 35.3 Å². The number of pyridine rings is 1. The minimum atomic E-state index is -4.58. The molecule has 0 bridgehead atoms. The first-order valence-electron chi connectivity index (χ1n) is 13.1. The quantitative estimate of drug-likeness (QED) is 0.258. The van der Waals surface area contributed by atoms with Crippen molar-refractivity contribution in [3.63, 3.8) is 0 Å². The van der Waals surface area contributed by atoms with Crippen molar-refractivity contribution in [3.05, 3.63) is 77.7 Å². The molecule has 2 aromatic carbocycles. The molecule has 40 heavy (non-hydrogen) atoms. The summed E-state index contributed by atoms with van der Waals surface area (Å²) in [6.07, 6.45) is -3.86. The van der Waals surface area contributed by atoms with E-state index in [0.29, 0.717) is 46.6 Å². The number of halogens is 6. The van der Waals surface area contributed by atoms with Gasteiger partial charge in [0.05, 0.1) is 22.3 Å². The van der Waals surface area contributed by atoms with E-state index < -0.39 is 23.5 Å². The second kappa shape index (κ2) is 10.0. The van der Waals surface area contributed by atoms with Gasteiger partial charge in [0.1, 0.15) is 11.6 Å². The third-order valence-electron chi connectivity index (χ3n) is 7.79. The van der Waals surface area contributed by atoms with Crippen LogP contribution in [0.1, 0.15) is 36.2 Å². The molecule has 4 aromatic rings. The molecule has 2 aliphatic rings. The van der Waals surface area contributed by atoms with Crippen molar-refractivity contribution in [2.75, 3.05) is 18.4 Å². The summed E-state index contributed by atoms with van der Waals surface area (Å²) >= 11 is 0. The van der Waals surface area contributed by atoms with Crippen LogP contribution in [0, 0.1) is 5.92 Å². The lowest BCUT2D eigenvalue weighted by Gasteiger charge is -2.20. The maximum Gasteiger partial charge on any atom is 0.418 e. The summed E-state index contributed by atoms with van der Waals surface area (Å²) in [5, 5.41) is 3.64. The molecule has 0 spiro atoms. The Balaban J connectivity index is 1.41. The molecule has 5 nitrogen and oxygen atoms in total. The molecular formula is C29H25F6N5. The van der Waals surface area contributed by atoms with Gasteiger partial charge in [0.25, 0.3) is 0 Å². The van der Waals surface area contributed by atoms with Crippen LogP contribution in [0.25, 0.3) is 22.2 Å². The Labute approximate surface area is 226 Å². The summed E-state index contributed by atoms with van der Waals surface area (Å²) in [7, 11) is 0. The standard InChI is InChI=1S/C29H25F6N5/c30-28(31,32)19-6-8-20(9-7-19)37-27-21-10-5-18(26-22(29(33,34)35)3-1-12-36-26)15-23(21)38-25(39-27)16-17-11-14-40-13-2-4-24(17)40/h1,3,5-10,12,15,17,24H,2,4,11,13-14,16H2,(H,37,38,39). The highest BCUT2D eigenvalue weighted by atomic mass is 19.4. The Bertz CT molecular complexity index is 1530. The summed E-state index contributed by atoms with van der Waals surface area (Å²) in [5.41, 5.74) is -0.736. The Kier molecular flexibility index (Phi) is 6.64. The Hall–Kier alpha value is -3.73. The van der Waals surface area contributed by atoms with Crippen LogP contribution in [0.5, 0.6) is 0 Å². The van der Waals surface area contributed by atoms with Gasteiger partial charge in [-0.05, 0) is 86.8 Å². The Morgan fingerprint density at radius 2 is 1.68 bits per heavy atom. The van der Waals surface area contributed by atoms with Gasteiger partial charge < -0.3 is 10.2 Å². The monoisotopic (exact) mass is 557 g/mol. The minimum absolute atomic E-state index is 0.202. The fourth-order valence-electron chi connectivity index (χ4n) is 5.91. The Morgan fingerprint density at radius 1 is 0.875 bits per heavy atom. The minimum Gasteiger partial charge on any atom is -0.340 e. The predicted octanol–water partition coefficient (Wildman–Crippen LogP) is 7.50. The van der Waals surface area contributed by atoms with Crippen molar-refractivity contribution in [3.8, 4) is 11.3 Å². The normalized spacial score (nSPS) is 19.8. The van der Waals surface area contributed by atoms with Gasteiger partial charge >= 0.3 is 12.4 Å². The zero-order valence-corrected chi connectivity index (χ0v) is 21.2. The molecule has 0 radical (unpaired) electrons. The van der Waals surface area contributed by atoms with Crippen LogP contribution in [0.3, 0.4) is 0 Å². The maximum absolute atomic E-state index is 13.7. The van der Waals surface area contributed by atoms with Crippen LogP contribution < -0.4 is 5.32 Å². The van der Waals surface area contributed by atoms with Gasteiger partial charge in [-0.3, -0.25) is 4.98 Å². The molecule has 208 valence electrons. The van der Waals surface area contributed by atoms with Crippen LogP contribution >= 0.6 is 0 Å². The molecule has 0 saturated carbocycles. The van der Waals surface area contributed by atoms with Crippen molar-refractivity contribution in [1.82, 2.24) is 19.9 Å². The SMILES string of the molecule is FC(F)(F)c1ccc(Nc2nc(CC3CCN4CCCC34)nc3cc(-c4ncccc4C(F)(F)F)ccc23)cc1. The molecule has 0 aliphatic carbocycles. The van der Waals surface area contributed by atoms with E-state index in [2.05, 4.69) is 15.2 Å². The first kappa shape index (κ1) is 26.5. The van der Waals surface area contributed by atoms with Crippen LogP contribution in [0.4, 0.5) is 37.8 Å². The van der Waals surface area contributed by atoms with Gasteiger partial charge in [-0.1, -0.05) is 6.07 Å². The topological polar surface area (TPSA) is 53.9 Å². The largest absolute Gasteiger partial charge is 0.418 e. The Morgan fingerprint density at radius 3 is 2.42 bits per heavy atom. The zero-order valence-electron chi connectivity index (χ0n) is 21.2. The van der Waals surface area contributed by atoms with Crippen molar-refractivity contribution in [1.29, 1.82) is 0 Å². The van der Waals surface area contributed by atoms with E-state index in [1.165, 1.54) is 30.5 Å². The number of rotatable bonds is 5. The highest BCUT2D eigenvalue weighted by Crippen LogP contribution is 2.38. The van der Waals surface area contributed by atoms with E-state index in [-0.39, 0.29) is 11.3 Å². The second-order valence-corrected chi connectivity index (χ2v) is 10.3. The van der Waals surface area contributed by atoms with Crippen LogP contribution in [-0.4, -0.2) is 39.0 Å². The lowest BCUT2D eigenvalue weighted by atomic mass is 9.94. The molecular weight excluding hydrogens is 532 g/mol. The third-order valence-corrected chi connectivity index (χ3v) is 7.79. The molecule has 2 fully saturated rings. The summed E-state index contributed by atoms with van der Waals surface area (Å²) in [4.78, 5) is 16.0. The fourth-order valence-corrected chi connectivity index (χ4v) is 5.91. The van der Waals surface area contributed by atoms with Gasteiger partial charge in [-0.15, -0.1) is 0 Å². The molecule has 2 atom stereocenters. The zero-order chi connectivity index (χ0) is 28.1. The first-order chi connectivity index (χ1) is 19.1. The average Bonchev–Trinajstić information content (AvgIpc) is 3.53. The first-order valence-corrected chi connectivity index (χ1v) is 13.1. The van der Waals surface area contributed by atoms with Gasteiger partial charge in [0.15, 0.2) is 0 Å². The number of anilines is 2. The fraction of sp³-hybridized carbons (Fsp3) is 0.345. The predicted molar refractivity (Wildman–Crippen MR) is 139 cm³/mol. The maximum atomic E-state index is 13.7. The van der Waals surface area contributed by atoms with E-state index in [1.807, 2.05) is 0 Å². The van der Waals surface area contributed by atoms with Crippen LogP contribution in [0.15, 0.2) is 60.8 Å². The lowest BCUT2D eigenvalue weighted by molar-refractivity contribution is -0.138. The smallest absolute Gasteiger partial charge is 0.340 e. The summed E-state index contributed by atoms with van der Waals surface area (Å²) < 4.78 is 80.3. The van der Waals surface area contributed by atoms with Gasteiger partial charge in [-0.25, -0.2) is 9.97 Å². The number of hydrogen-bond acceptors (Lipinski definition) is 5. The molecule has 2 saturated heterocycles. The van der Waals surface area contributed by atoms with Crippen molar-refractivity contribution in [2.24, 2.45) is 5.92 Å². The van der Waals surface area contributed by atoms with Crippen LogP contribution in [0.2, 0.25) is 0 Å². The number of nitrogens with zero attached hydrogens (tertiary/aromatic N) is 4. The number of fused-ring (bicyclic) bond motifs is 2. The van der Waals surface area contributed by atoms with Gasteiger partial charge in [-0.2, -0.15) is 26.3 Å². The van der Waals surface area contributed by atoms with Crippen molar-refractivity contribution in [2.45, 2.75) is 44.1 Å². The third kappa shape index (κ3) is 5.22. The van der Waals surface area contributed by atoms with Gasteiger partial charge in [0.2, 0.25) is 0 Å². The average molecular weight is 558 g/mol. The summed E-state index contributed by atoms with van der Waals surface area (Å²) in [5.74, 6) is 1.27. The number of nitrogens with one attached hydrogen (secondary N) is 1.